The smallest absolute Gasteiger partial charge is 0.197 e. The summed E-state index contributed by atoms with van der Waals surface area (Å²) in [5.74, 6) is -1.47. The van der Waals surface area contributed by atoms with Crippen LogP contribution in [0.1, 0.15) is 5.56 Å². The summed E-state index contributed by atoms with van der Waals surface area (Å²) in [4.78, 5) is 3.10. The van der Waals surface area contributed by atoms with Gasteiger partial charge in [-0.15, -0.1) is 17.2 Å². The second-order valence-corrected chi connectivity index (χ2v) is 2.29. The van der Waals surface area contributed by atoms with E-state index in [-0.39, 0.29) is 0 Å². The van der Waals surface area contributed by atoms with E-state index in [1.807, 2.05) is 0 Å². The Morgan fingerprint density at radius 3 is 2.25 bits per heavy atom. The van der Waals surface area contributed by atoms with Crippen molar-refractivity contribution in [1.29, 1.82) is 5.26 Å². The van der Waals surface area contributed by atoms with Crippen LogP contribution in [-0.4, -0.2) is 4.98 Å². The Hall–Kier alpha value is -1.67. The second kappa shape index (κ2) is 2.75. The van der Waals surface area contributed by atoms with Crippen molar-refractivity contribution >= 4 is 28.9 Å². The van der Waals surface area contributed by atoms with Gasteiger partial charge in [0.1, 0.15) is 22.3 Å². The normalized spacial score (nSPS) is 9.33. The van der Waals surface area contributed by atoms with Gasteiger partial charge in [-0.05, 0) is 0 Å². The van der Waals surface area contributed by atoms with E-state index in [4.69, 9.17) is 34.1 Å². The Morgan fingerprint density at radius 1 is 1.17 bits per heavy atom. The molecule has 0 fully saturated rings. The molecule has 5 nitrogen and oxygen atoms in total. The molecular formula is C6ClN5. The minimum atomic E-state index is -0.753. The van der Waals surface area contributed by atoms with Crippen molar-refractivity contribution < 1.29 is 0 Å². The molecule has 12 heavy (non-hydrogen) atoms. The number of nitrogens with zero attached hydrogens (tertiary/aromatic N) is 5. The van der Waals surface area contributed by atoms with E-state index in [1.165, 1.54) is 6.07 Å². The van der Waals surface area contributed by atoms with Gasteiger partial charge in [0.05, 0.1) is 0 Å². The van der Waals surface area contributed by atoms with Gasteiger partial charge in [-0.2, -0.15) is 5.26 Å². The van der Waals surface area contributed by atoms with E-state index in [2.05, 4.69) is 4.98 Å². The number of halogens is 1. The lowest BCUT2D eigenvalue weighted by Gasteiger charge is -1.99. The molecular weight excluding hydrogens is 178 g/mol. The highest BCUT2D eigenvalue weighted by Crippen LogP contribution is 2.32. The molecule has 0 saturated heterocycles. The summed E-state index contributed by atoms with van der Waals surface area (Å²) in [5.41, 5.74) is 25.6. The fourth-order valence-electron chi connectivity index (χ4n) is 0.630. The van der Waals surface area contributed by atoms with Gasteiger partial charge in [-0.25, -0.2) is 4.98 Å². The lowest BCUT2D eigenvalue weighted by molar-refractivity contribution is 1.18. The summed E-state index contributed by atoms with van der Waals surface area (Å²) in [6, 6.07) is 1.47. The van der Waals surface area contributed by atoms with Crippen molar-refractivity contribution in [3.8, 4) is 6.07 Å². The van der Waals surface area contributed by atoms with Gasteiger partial charge < -0.3 is 0 Å². The zero-order valence-corrected chi connectivity index (χ0v) is 6.37. The van der Waals surface area contributed by atoms with Gasteiger partial charge in [0.15, 0.2) is 11.6 Å². The lowest BCUT2D eigenvalue weighted by Crippen LogP contribution is -1.91. The fourth-order valence-corrected chi connectivity index (χ4v) is 0.767. The third-order valence-corrected chi connectivity index (χ3v) is 1.54. The summed E-state index contributed by atoms with van der Waals surface area (Å²) in [5, 5.41) is 7.91. The average Bonchev–Trinajstić information content (AvgIpc) is 2.01. The summed E-state index contributed by atoms with van der Waals surface area (Å²) < 4.78 is 0. The molecule has 0 aliphatic carbocycles. The predicted octanol–water partition coefficient (Wildman–Crippen LogP) is 0.707. The number of pyridine rings is 1. The van der Waals surface area contributed by atoms with Gasteiger partial charge in [-0.3, -0.25) is 0 Å². The fraction of sp³-hybridized carbons (Fsp3) is 0. The van der Waals surface area contributed by atoms with Gasteiger partial charge in [0.25, 0.3) is 0 Å². The first-order valence-electron chi connectivity index (χ1n) is 2.78. The SMILES string of the molecule is [N]c1nc([N])c(C#N)c([N])c1Cl. The molecule has 1 rings (SSSR count). The zero-order chi connectivity index (χ0) is 9.30. The lowest BCUT2D eigenvalue weighted by atomic mass is 10.2. The molecule has 56 valence electrons. The standard InChI is InChI=1S/C6ClN5/c7-3-4(9)2(1-8)5(10)12-6(3)11. The van der Waals surface area contributed by atoms with Crippen LogP contribution in [-0.2, 0) is 0 Å². The van der Waals surface area contributed by atoms with Crippen LogP contribution >= 0.6 is 11.6 Å². The molecule has 0 amide bonds. The van der Waals surface area contributed by atoms with Crippen LogP contribution in [0.5, 0.6) is 0 Å². The number of nitriles is 1. The van der Waals surface area contributed by atoms with Crippen molar-refractivity contribution in [1.82, 2.24) is 22.2 Å². The van der Waals surface area contributed by atoms with Crippen LogP contribution in [0.4, 0.5) is 17.3 Å². The van der Waals surface area contributed by atoms with Crippen molar-refractivity contribution in [3.63, 3.8) is 0 Å². The third kappa shape index (κ3) is 1.08. The van der Waals surface area contributed by atoms with Crippen LogP contribution < -0.4 is 17.2 Å². The van der Waals surface area contributed by atoms with Gasteiger partial charge >= 0.3 is 0 Å². The van der Waals surface area contributed by atoms with Crippen molar-refractivity contribution in [2.75, 3.05) is 0 Å². The van der Waals surface area contributed by atoms with Crippen molar-refractivity contribution in [3.05, 3.63) is 10.6 Å². The van der Waals surface area contributed by atoms with E-state index < -0.39 is 27.9 Å². The highest BCUT2D eigenvalue weighted by molar-refractivity contribution is 6.35. The molecule has 6 radical (unpaired) electrons. The molecule has 1 heterocycles. The highest BCUT2D eigenvalue weighted by Gasteiger charge is 2.16. The topological polar surface area (TPSA) is 104 Å². The van der Waals surface area contributed by atoms with E-state index in [0.29, 0.717) is 0 Å². The van der Waals surface area contributed by atoms with Crippen LogP contribution in [0, 0.1) is 11.3 Å². The number of rotatable bonds is 0. The summed E-state index contributed by atoms with van der Waals surface area (Å²) in [6.45, 7) is 0. The van der Waals surface area contributed by atoms with Crippen LogP contribution in [0.25, 0.3) is 0 Å². The molecule has 0 unspecified atom stereocenters. The average molecular weight is 178 g/mol. The largest absolute Gasteiger partial charge is 0.203 e. The van der Waals surface area contributed by atoms with E-state index in [9.17, 15) is 0 Å². The van der Waals surface area contributed by atoms with Crippen molar-refractivity contribution in [2.24, 2.45) is 0 Å². The zero-order valence-electron chi connectivity index (χ0n) is 5.61. The molecule has 0 N–H and O–H groups in total. The second-order valence-electron chi connectivity index (χ2n) is 1.91. The molecule has 0 aromatic carbocycles. The minimum absolute atomic E-state index is 0.454. The molecule has 0 atom stereocenters. The first-order valence-corrected chi connectivity index (χ1v) is 3.16. The Labute approximate surface area is 73.7 Å². The van der Waals surface area contributed by atoms with Gasteiger partial charge in [0, 0.05) is 0 Å². The monoisotopic (exact) mass is 177 g/mol. The van der Waals surface area contributed by atoms with Crippen LogP contribution in [0.15, 0.2) is 0 Å². The number of hydrogen-bond acceptors (Lipinski definition) is 2. The molecule has 1 aromatic heterocycles. The van der Waals surface area contributed by atoms with Crippen molar-refractivity contribution in [2.45, 2.75) is 0 Å². The Morgan fingerprint density at radius 2 is 1.75 bits per heavy atom. The third-order valence-electron chi connectivity index (χ3n) is 1.19. The van der Waals surface area contributed by atoms with Crippen LogP contribution in [0.3, 0.4) is 0 Å². The highest BCUT2D eigenvalue weighted by atomic mass is 35.5. The van der Waals surface area contributed by atoms with Gasteiger partial charge in [-0.1, -0.05) is 11.6 Å². The summed E-state index contributed by atoms with van der Waals surface area (Å²) >= 11 is 5.31. The first kappa shape index (κ1) is 8.43. The maximum absolute atomic E-state index is 9.04. The molecule has 0 aliphatic heterocycles. The van der Waals surface area contributed by atoms with E-state index in [0.717, 1.165) is 0 Å². The molecule has 0 aliphatic rings. The van der Waals surface area contributed by atoms with Gasteiger partial charge in [0.2, 0.25) is 0 Å². The molecule has 0 spiro atoms. The quantitative estimate of drug-likeness (QED) is 0.582. The minimum Gasteiger partial charge on any atom is -0.203 e. The first-order chi connectivity index (χ1) is 5.57. The molecule has 6 heteroatoms. The Balaban J connectivity index is 3.54. The van der Waals surface area contributed by atoms with E-state index >= 15 is 0 Å². The number of aromatic nitrogens is 1. The maximum atomic E-state index is 9.04. The predicted molar refractivity (Wildman–Crippen MR) is 39.3 cm³/mol. The summed E-state index contributed by atoms with van der Waals surface area (Å²) in [7, 11) is 0. The Kier molecular flexibility index (Phi) is 1.93. The summed E-state index contributed by atoms with van der Waals surface area (Å²) in [6.07, 6.45) is 0. The maximum Gasteiger partial charge on any atom is 0.197 e. The van der Waals surface area contributed by atoms with Crippen LogP contribution in [0.2, 0.25) is 5.02 Å². The Bertz CT molecular complexity index is 367. The number of hydrogen-bond donors (Lipinski definition) is 0. The molecule has 1 aromatic rings. The van der Waals surface area contributed by atoms with E-state index in [1.54, 1.807) is 0 Å². The molecule has 0 bridgehead atoms. The molecule has 0 saturated carbocycles.